The van der Waals surface area contributed by atoms with Crippen molar-refractivity contribution >= 4 is 5.97 Å². The number of ether oxygens (including phenoxy) is 2. The van der Waals surface area contributed by atoms with E-state index in [9.17, 15) is 22.4 Å². The van der Waals surface area contributed by atoms with E-state index in [1.54, 1.807) is 0 Å². The summed E-state index contributed by atoms with van der Waals surface area (Å²) in [6, 6.07) is 2.73. The summed E-state index contributed by atoms with van der Waals surface area (Å²) in [5, 5.41) is 12.3. The van der Waals surface area contributed by atoms with Gasteiger partial charge in [0, 0.05) is 12.3 Å². The van der Waals surface area contributed by atoms with Gasteiger partial charge in [-0.05, 0) is 24.6 Å². The lowest BCUT2D eigenvalue weighted by Gasteiger charge is -2.12. The smallest absolute Gasteiger partial charge is 0.435 e. The van der Waals surface area contributed by atoms with Crippen LogP contribution in [0.15, 0.2) is 36.4 Å². The molecular weight excluding hydrogens is 348 g/mol. The summed E-state index contributed by atoms with van der Waals surface area (Å²) in [5.74, 6) is -2.95. The lowest BCUT2D eigenvalue weighted by molar-refractivity contribution is -0.141. The van der Waals surface area contributed by atoms with Crippen LogP contribution in [-0.2, 0) is 15.7 Å². The molecule has 1 N–H and O–H groups in total. The number of aliphatic carboxylic acids is 1. The monoisotopic (exact) mass is 360 g/mol. The molecule has 0 fully saturated rings. The van der Waals surface area contributed by atoms with E-state index in [0.717, 1.165) is 24.6 Å². The third kappa shape index (κ3) is 4.08. The molecule has 2 aromatic rings. The number of aromatic nitrogens is 2. The predicted octanol–water partition coefficient (Wildman–Crippen LogP) is 3.29. The number of hydrogen-bond acceptors (Lipinski definition) is 4. The first kappa shape index (κ1) is 18.3. The Hall–Kier alpha value is -3.04. The molecule has 0 saturated heterocycles. The highest BCUT2D eigenvalue weighted by Crippen LogP contribution is 2.30. The van der Waals surface area contributed by atoms with Crippen LogP contribution < -0.4 is 4.74 Å². The number of methoxy groups -OCH3 is 1. The van der Waals surface area contributed by atoms with Gasteiger partial charge in [-0.1, -0.05) is 0 Å². The second-order valence-corrected chi connectivity index (χ2v) is 4.84. The highest BCUT2D eigenvalue weighted by Gasteiger charge is 2.33. The summed E-state index contributed by atoms with van der Waals surface area (Å²) in [4.78, 5) is 11.1. The third-order valence-electron chi connectivity index (χ3n) is 3.03. The zero-order chi connectivity index (χ0) is 18.8. The van der Waals surface area contributed by atoms with Gasteiger partial charge in [0.05, 0.1) is 7.11 Å². The number of hydrogen-bond donors (Lipinski definition) is 1. The molecule has 1 aromatic heterocycles. The first-order chi connectivity index (χ1) is 11.6. The zero-order valence-corrected chi connectivity index (χ0v) is 13.0. The van der Waals surface area contributed by atoms with Crippen molar-refractivity contribution in [3.8, 4) is 11.4 Å². The Labute approximate surface area is 138 Å². The van der Waals surface area contributed by atoms with Gasteiger partial charge in [-0.3, -0.25) is 0 Å². The Bertz CT molecular complexity index is 827. The van der Waals surface area contributed by atoms with Gasteiger partial charge in [-0.2, -0.15) is 18.3 Å². The van der Waals surface area contributed by atoms with E-state index in [2.05, 4.69) is 9.84 Å². The lowest BCUT2D eigenvalue weighted by atomic mass is 10.2. The molecule has 0 aliphatic carbocycles. The van der Waals surface area contributed by atoms with E-state index in [4.69, 9.17) is 9.84 Å². The van der Waals surface area contributed by atoms with E-state index in [1.165, 1.54) is 14.0 Å². The van der Waals surface area contributed by atoms with Crippen molar-refractivity contribution in [2.45, 2.75) is 13.1 Å². The predicted molar refractivity (Wildman–Crippen MR) is 76.6 cm³/mol. The summed E-state index contributed by atoms with van der Waals surface area (Å²) < 4.78 is 62.4. The third-order valence-corrected chi connectivity index (χ3v) is 3.03. The van der Waals surface area contributed by atoms with Crippen LogP contribution in [0, 0.1) is 12.7 Å². The van der Waals surface area contributed by atoms with Crippen LogP contribution in [-0.4, -0.2) is 28.0 Å². The Morgan fingerprint density at radius 1 is 1.36 bits per heavy atom. The molecule has 0 aliphatic rings. The first-order valence-electron chi connectivity index (χ1n) is 6.71. The Morgan fingerprint density at radius 3 is 2.56 bits per heavy atom. The summed E-state index contributed by atoms with van der Waals surface area (Å²) in [6.07, 6.45) is -2.92. The maximum absolute atomic E-state index is 14.1. The molecular formula is C15H12F4N2O4. The Balaban J connectivity index is 2.46. The maximum Gasteiger partial charge on any atom is 0.435 e. The minimum atomic E-state index is -4.68. The Morgan fingerprint density at radius 2 is 2.04 bits per heavy atom. The fraction of sp³-hybridized carbons (Fsp3) is 0.200. The van der Waals surface area contributed by atoms with Crippen LogP contribution in [0.4, 0.5) is 17.6 Å². The van der Waals surface area contributed by atoms with Gasteiger partial charge < -0.3 is 14.6 Å². The summed E-state index contributed by atoms with van der Waals surface area (Å²) in [6.45, 7) is 1.44. The number of nitrogens with zero attached hydrogens (tertiary/aromatic N) is 2. The summed E-state index contributed by atoms with van der Waals surface area (Å²) >= 11 is 0. The van der Waals surface area contributed by atoms with Crippen LogP contribution in [0.1, 0.15) is 11.3 Å². The average molecular weight is 360 g/mol. The SMILES string of the molecule is CO/C=C(\Oc1cc(-n2ccc(C(F)(F)F)n2)c(F)cc1C)C(=O)O. The van der Waals surface area contributed by atoms with Gasteiger partial charge in [0.1, 0.15) is 23.5 Å². The number of carboxylic acid groups (broad SMARTS) is 1. The minimum Gasteiger partial charge on any atom is -0.500 e. The number of aryl methyl sites for hydroxylation is 1. The van der Waals surface area contributed by atoms with Crippen molar-refractivity contribution < 1.29 is 36.9 Å². The summed E-state index contributed by atoms with van der Waals surface area (Å²) in [5.41, 5.74) is -1.30. The van der Waals surface area contributed by atoms with Crippen molar-refractivity contribution in [3.63, 3.8) is 0 Å². The number of carbonyl (C=O) groups is 1. The molecule has 134 valence electrons. The van der Waals surface area contributed by atoms with Crippen molar-refractivity contribution in [1.82, 2.24) is 9.78 Å². The Kier molecular flexibility index (Phi) is 5.00. The minimum absolute atomic E-state index is 0.0776. The van der Waals surface area contributed by atoms with E-state index >= 15 is 0 Å². The van der Waals surface area contributed by atoms with Crippen LogP contribution in [0.25, 0.3) is 5.69 Å². The number of benzene rings is 1. The molecule has 0 bridgehead atoms. The first-order valence-corrected chi connectivity index (χ1v) is 6.71. The van der Waals surface area contributed by atoms with Gasteiger partial charge in [0.25, 0.3) is 0 Å². The molecule has 0 unspecified atom stereocenters. The molecule has 2 rings (SSSR count). The summed E-state index contributed by atoms with van der Waals surface area (Å²) in [7, 11) is 1.21. The molecule has 0 amide bonds. The average Bonchev–Trinajstić information content (AvgIpc) is 2.98. The van der Waals surface area contributed by atoms with E-state index < -0.39 is 29.4 Å². The normalized spacial score (nSPS) is 12.2. The second-order valence-electron chi connectivity index (χ2n) is 4.84. The number of halogens is 4. The number of alkyl halides is 3. The van der Waals surface area contributed by atoms with E-state index in [0.29, 0.717) is 10.7 Å². The fourth-order valence-electron chi connectivity index (χ4n) is 1.88. The van der Waals surface area contributed by atoms with Gasteiger partial charge >= 0.3 is 12.1 Å². The van der Waals surface area contributed by atoms with Crippen LogP contribution in [0.5, 0.6) is 5.75 Å². The molecule has 0 saturated carbocycles. The standard InChI is InChI=1S/C15H12F4N2O4/c1-8-5-9(16)10(21-4-3-13(20-21)15(17,18)19)6-11(8)25-12(7-24-2)14(22)23/h3-7H,1-2H3,(H,22,23)/b12-7-. The highest BCUT2D eigenvalue weighted by molar-refractivity contribution is 5.84. The van der Waals surface area contributed by atoms with E-state index in [1.807, 2.05) is 0 Å². The second kappa shape index (κ2) is 6.83. The van der Waals surface area contributed by atoms with Crippen molar-refractivity contribution in [2.75, 3.05) is 7.11 Å². The fourth-order valence-corrected chi connectivity index (χ4v) is 1.88. The van der Waals surface area contributed by atoms with Crippen LogP contribution in [0.2, 0.25) is 0 Å². The topological polar surface area (TPSA) is 73.6 Å². The molecule has 25 heavy (non-hydrogen) atoms. The molecule has 0 atom stereocenters. The quantitative estimate of drug-likeness (QED) is 0.503. The van der Waals surface area contributed by atoms with Crippen molar-refractivity contribution in [1.29, 1.82) is 0 Å². The van der Waals surface area contributed by atoms with Gasteiger partial charge in [-0.25, -0.2) is 13.9 Å². The number of rotatable bonds is 5. The lowest BCUT2D eigenvalue weighted by Crippen LogP contribution is -2.10. The molecule has 0 aliphatic heterocycles. The van der Waals surface area contributed by atoms with E-state index in [-0.39, 0.29) is 17.0 Å². The molecule has 0 radical (unpaired) electrons. The molecule has 1 aromatic carbocycles. The molecule has 0 spiro atoms. The molecule has 6 nitrogen and oxygen atoms in total. The zero-order valence-electron chi connectivity index (χ0n) is 13.0. The number of carboxylic acids is 1. The van der Waals surface area contributed by atoms with Crippen LogP contribution >= 0.6 is 0 Å². The highest BCUT2D eigenvalue weighted by atomic mass is 19.4. The van der Waals surface area contributed by atoms with Gasteiger partial charge in [-0.15, -0.1) is 0 Å². The molecule has 10 heteroatoms. The van der Waals surface area contributed by atoms with Gasteiger partial charge in [0.15, 0.2) is 5.69 Å². The van der Waals surface area contributed by atoms with Crippen LogP contribution in [0.3, 0.4) is 0 Å². The molecule has 1 heterocycles. The van der Waals surface area contributed by atoms with Crippen molar-refractivity contribution in [2.24, 2.45) is 0 Å². The van der Waals surface area contributed by atoms with Crippen molar-refractivity contribution in [3.05, 3.63) is 53.5 Å². The largest absolute Gasteiger partial charge is 0.500 e. The maximum atomic E-state index is 14.1. The van der Waals surface area contributed by atoms with Gasteiger partial charge in [0.2, 0.25) is 5.76 Å².